The number of fused-ring (bicyclic) bond motifs is 5. The molecule has 4 aliphatic rings. The second-order valence-corrected chi connectivity index (χ2v) is 12.6. The molecule has 0 radical (unpaired) electrons. The first-order valence-electron chi connectivity index (χ1n) is 13.2. The maximum Gasteiger partial charge on any atom is 0.0653 e. The van der Waals surface area contributed by atoms with E-state index < -0.39 is 5.60 Å². The maximum atomic E-state index is 11.6. The molecule has 10 atom stereocenters. The van der Waals surface area contributed by atoms with Crippen molar-refractivity contribution in [1.29, 1.82) is 0 Å². The van der Waals surface area contributed by atoms with Crippen molar-refractivity contribution in [1.82, 2.24) is 0 Å². The summed E-state index contributed by atoms with van der Waals surface area (Å²) < 4.78 is 0. The SMILES string of the molecule is CCCCCC[C@](C)(O)[C@H]1CC[C@H]2[C@@H]3C[C@H](O)[C@H]4C[C@@H](O)CC[C@]4(C)[C@H]3CC[C@@]21C. The van der Waals surface area contributed by atoms with Gasteiger partial charge in [0.1, 0.15) is 0 Å². The van der Waals surface area contributed by atoms with Crippen molar-refractivity contribution < 1.29 is 15.3 Å². The molecule has 0 heterocycles. The van der Waals surface area contributed by atoms with E-state index in [0.717, 1.165) is 44.9 Å². The van der Waals surface area contributed by atoms with Crippen molar-refractivity contribution in [2.24, 2.45) is 40.4 Å². The highest BCUT2D eigenvalue weighted by molar-refractivity contribution is 5.13. The molecule has 0 spiro atoms. The molecule has 0 bridgehead atoms. The molecule has 3 heteroatoms. The molecule has 0 amide bonds. The van der Waals surface area contributed by atoms with Gasteiger partial charge in [0.15, 0.2) is 0 Å². The van der Waals surface area contributed by atoms with Gasteiger partial charge in [-0.05, 0) is 105 Å². The van der Waals surface area contributed by atoms with Crippen LogP contribution in [-0.2, 0) is 0 Å². The van der Waals surface area contributed by atoms with Gasteiger partial charge in [0.05, 0.1) is 17.8 Å². The Morgan fingerprint density at radius 1 is 0.833 bits per heavy atom. The van der Waals surface area contributed by atoms with E-state index >= 15 is 0 Å². The van der Waals surface area contributed by atoms with E-state index in [9.17, 15) is 15.3 Å². The fourth-order valence-corrected chi connectivity index (χ4v) is 9.38. The Kier molecular flexibility index (Phi) is 6.41. The lowest BCUT2D eigenvalue weighted by Crippen LogP contribution is -2.59. The van der Waals surface area contributed by atoms with Gasteiger partial charge in [-0.1, -0.05) is 46.5 Å². The van der Waals surface area contributed by atoms with E-state index in [1.165, 1.54) is 38.5 Å². The van der Waals surface area contributed by atoms with Crippen molar-refractivity contribution in [3.8, 4) is 0 Å². The molecule has 3 nitrogen and oxygen atoms in total. The van der Waals surface area contributed by atoms with Crippen molar-refractivity contribution in [3.05, 3.63) is 0 Å². The quantitative estimate of drug-likeness (QED) is 0.483. The summed E-state index contributed by atoms with van der Waals surface area (Å²) in [5.74, 6) is 2.59. The number of aliphatic hydroxyl groups is 3. The third kappa shape index (κ3) is 3.69. The van der Waals surface area contributed by atoms with E-state index in [4.69, 9.17) is 0 Å². The fraction of sp³-hybridized carbons (Fsp3) is 1.00. The number of rotatable bonds is 6. The first-order chi connectivity index (χ1) is 14.1. The van der Waals surface area contributed by atoms with E-state index in [1.807, 2.05) is 0 Å². The minimum Gasteiger partial charge on any atom is -0.393 e. The van der Waals surface area contributed by atoms with Gasteiger partial charge in [-0.25, -0.2) is 0 Å². The zero-order valence-corrected chi connectivity index (χ0v) is 20.1. The molecular weight excluding hydrogens is 372 g/mol. The number of aliphatic hydroxyl groups excluding tert-OH is 2. The van der Waals surface area contributed by atoms with Crippen LogP contribution >= 0.6 is 0 Å². The summed E-state index contributed by atoms with van der Waals surface area (Å²) in [6, 6.07) is 0. The van der Waals surface area contributed by atoms with Crippen molar-refractivity contribution in [2.45, 2.75) is 129 Å². The normalized spacial score (nSPS) is 50.3. The topological polar surface area (TPSA) is 60.7 Å². The minimum atomic E-state index is -0.557. The van der Waals surface area contributed by atoms with Crippen LogP contribution < -0.4 is 0 Å². The second kappa shape index (κ2) is 8.34. The largest absolute Gasteiger partial charge is 0.393 e. The lowest BCUT2D eigenvalue weighted by Gasteiger charge is -2.62. The minimum absolute atomic E-state index is 0.184. The smallest absolute Gasteiger partial charge is 0.0653 e. The third-order valence-electron chi connectivity index (χ3n) is 10.9. The number of hydrogen-bond acceptors (Lipinski definition) is 3. The maximum absolute atomic E-state index is 11.6. The molecule has 0 aromatic heterocycles. The molecule has 174 valence electrons. The molecule has 4 fully saturated rings. The lowest BCUT2D eigenvalue weighted by atomic mass is 9.43. The monoisotopic (exact) mass is 420 g/mol. The standard InChI is InChI=1S/C27H48O3/c1-5-6-7-8-13-27(4,30)24-10-9-20-19-17-23(29)22-16-18(28)11-14-25(22,2)21(19)12-15-26(20,24)3/h18-24,28-30H,5-17H2,1-4H3/t18-,19-,20-,21-,22+,23-,24-,25+,26-,27-/m0/s1. The second-order valence-electron chi connectivity index (χ2n) is 12.6. The van der Waals surface area contributed by atoms with E-state index in [-0.39, 0.29) is 29.0 Å². The van der Waals surface area contributed by atoms with E-state index in [0.29, 0.717) is 23.7 Å². The summed E-state index contributed by atoms with van der Waals surface area (Å²) in [7, 11) is 0. The zero-order valence-electron chi connectivity index (χ0n) is 20.1. The Morgan fingerprint density at radius 3 is 2.27 bits per heavy atom. The van der Waals surface area contributed by atoms with Crippen LogP contribution in [-0.4, -0.2) is 33.1 Å². The predicted octanol–water partition coefficient (Wildman–Crippen LogP) is 5.70. The van der Waals surface area contributed by atoms with Crippen molar-refractivity contribution >= 4 is 0 Å². The third-order valence-corrected chi connectivity index (χ3v) is 10.9. The highest BCUT2D eigenvalue weighted by Gasteiger charge is 2.63. The summed E-state index contributed by atoms with van der Waals surface area (Å²) in [6.07, 6.45) is 13.9. The molecular formula is C27H48O3. The molecule has 4 aliphatic carbocycles. The van der Waals surface area contributed by atoms with Crippen molar-refractivity contribution in [3.63, 3.8) is 0 Å². The molecule has 0 aromatic carbocycles. The average molecular weight is 421 g/mol. The van der Waals surface area contributed by atoms with Crippen LogP contribution in [0.3, 0.4) is 0 Å². The highest BCUT2D eigenvalue weighted by Crippen LogP contribution is 2.68. The van der Waals surface area contributed by atoms with Gasteiger partial charge in [0.25, 0.3) is 0 Å². The molecule has 30 heavy (non-hydrogen) atoms. The van der Waals surface area contributed by atoms with E-state index in [2.05, 4.69) is 27.7 Å². The summed E-state index contributed by atoms with van der Waals surface area (Å²) in [5, 5.41) is 33.0. The van der Waals surface area contributed by atoms with Gasteiger partial charge in [0, 0.05) is 0 Å². The van der Waals surface area contributed by atoms with Crippen LogP contribution in [0.5, 0.6) is 0 Å². The van der Waals surface area contributed by atoms with Crippen molar-refractivity contribution in [2.75, 3.05) is 0 Å². The summed E-state index contributed by atoms with van der Waals surface area (Å²) in [6.45, 7) is 9.29. The Balaban J connectivity index is 1.52. The summed E-state index contributed by atoms with van der Waals surface area (Å²) >= 11 is 0. The average Bonchev–Trinajstić information content (AvgIpc) is 3.05. The van der Waals surface area contributed by atoms with Gasteiger partial charge < -0.3 is 15.3 Å². The molecule has 0 unspecified atom stereocenters. The Labute approximate surface area is 185 Å². The predicted molar refractivity (Wildman–Crippen MR) is 122 cm³/mol. The van der Waals surface area contributed by atoms with Crippen LogP contribution in [0.4, 0.5) is 0 Å². The lowest BCUT2D eigenvalue weighted by molar-refractivity contribution is -0.179. The van der Waals surface area contributed by atoms with Crippen LogP contribution in [0.2, 0.25) is 0 Å². The van der Waals surface area contributed by atoms with Gasteiger partial charge >= 0.3 is 0 Å². The zero-order chi connectivity index (χ0) is 21.7. The Bertz CT molecular complexity index is 603. The highest BCUT2D eigenvalue weighted by atomic mass is 16.3. The van der Waals surface area contributed by atoms with Gasteiger partial charge in [-0.2, -0.15) is 0 Å². The van der Waals surface area contributed by atoms with Gasteiger partial charge in [-0.15, -0.1) is 0 Å². The van der Waals surface area contributed by atoms with Crippen LogP contribution in [0, 0.1) is 40.4 Å². The molecule has 0 aliphatic heterocycles. The first kappa shape index (κ1) is 23.1. The molecule has 0 saturated heterocycles. The van der Waals surface area contributed by atoms with E-state index in [1.54, 1.807) is 0 Å². The Hall–Kier alpha value is -0.120. The molecule has 0 aromatic rings. The summed E-state index contributed by atoms with van der Waals surface area (Å²) in [4.78, 5) is 0. The van der Waals surface area contributed by atoms with Crippen LogP contribution in [0.25, 0.3) is 0 Å². The van der Waals surface area contributed by atoms with Gasteiger partial charge in [-0.3, -0.25) is 0 Å². The summed E-state index contributed by atoms with van der Waals surface area (Å²) in [5.41, 5.74) is -0.158. The number of hydrogen-bond donors (Lipinski definition) is 3. The fourth-order valence-electron chi connectivity index (χ4n) is 9.38. The van der Waals surface area contributed by atoms with Crippen LogP contribution in [0.1, 0.15) is 111 Å². The molecule has 4 rings (SSSR count). The first-order valence-corrected chi connectivity index (χ1v) is 13.2. The van der Waals surface area contributed by atoms with Crippen LogP contribution in [0.15, 0.2) is 0 Å². The molecule has 3 N–H and O–H groups in total. The molecule has 4 saturated carbocycles. The number of unbranched alkanes of at least 4 members (excludes halogenated alkanes) is 3. The Morgan fingerprint density at radius 2 is 1.53 bits per heavy atom. The van der Waals surface area contributed by atoms with Gasteiger partial charge in [0.2, 0.25) is 0 Å².